The molecule has 1 aromatic rings. The van der Waals surface area contributed by atoms with Crippen LogP contribution in [0.2, 0.25) is 0 Å². The van der Waals surface area contributed by atoms with E-state index < -0.39 is 10.0 Å². The van der Waals surface area contributed by atoms with Crippen LogP contribution in [0, 0.1) is 5.92 Å². The summed E-state index contributed by atoms with van der Waals surface area (Å²) in [6.07, 6.45) is 5.44. The molecule has 6 heteroatoms. The normalized spacial score (nSPS) is 24.5. The second-order valence-electron chi connectivity index (χ2n) is 5.16. The van der Waals surface area contributed by atoms with Gasteiger partial charge in [0.25, 0.3) is 0 Å². The number of rotatable bonds is 5. The topological polar surface area (TPSA) is 72.2 Å². The van der Waals surface area contributed by atoms with Crippen molar-refractivity contribution in [1.29, 1.82) is 0 Å². The molecule has 1 saturated carbocycles. The molecule has 1 fully saturated rings. The Morgan fingerprint density at radius 3 is 2.79 bits per heavy atom. The van der Waals surface area contributed by atoms with Gasteiger partial charge < -0.3 is 5.73 Å². The minimum Gasteiger partial charge on any atom is -0.326 e. The fraction of sp³-hybridized carbons (Fsp3) is 0.692. The second kappa shape index (κ2) is 6.35. The molecular weight excluding hydrogens is 280 g/mol. The van der Waals surface area contributed by atoms with Crippen molar-refractivity contribution in [3.8, 4) is 0 Å². The van der Waals surface area contributed by atoms with Gasteiger partial charge >= 0.3 is 0 Å². The van der Waals surface area contributed by atoms with E-state index in [1.54, 1.807) is 6.07 Å². The van der Waals surface area contributed by atoms with Crippen LogP contribution in [0.5, 0.6) is 0 Å². The van der Waals surface area contributed by atoms with Crippen molar-refractivity contribution in [2.75, 3.05) is 0 Å². The summed E-state index contributed by atoms with van der Waals surface area (Å²) < 4.78 is 28.0. The second-order valence-corrected chi connectivity index (χ2v) is 8.01. The summed E-state index contributed by atoms with van der Waals surface area (Å²) in [5.41, 5.74) is 6.40. The number of hydrogen-bond donors (Lipinski definition) is 2. The van der Waals surface area contributed by atoms with Crippen LogP contribution < -0.4 is 10.5 Å². The van der Waals surface area contributed by atoms with Gasteiger partial charge in [-0.1, -0.05) is 26.2 Å². The number of hydrogen-bond acceptors (Lipinski definition) is 4. The van der Waals surface area contributed by atoms with Crippen molar-refractivity contribution < 1.29 is 8.42 Å². The van der Waals surface area contributed by atoms with Crippen molar-refractivity contribution in [2.45, 2.75) is 55.8 Å². The highest BCUT2D eigenvalue weighted by molar-refractivity contribution is 7.91. The molecule has 1 aliphatic carbocycles. The summed E-state index contributed by atoms with van der Waals surface area (Å²) in [6.45, 7) is 2.52. The fourth-order valence-corrected chi connectivity index (χ4v) is 5.29. The maximum absolute atomic E-state index is 12.3. The van der Waals surface area contributed by atoms with Crippen LogP contribution in [0.25, 0.3) is 0 Å². The van der Waals surface area contributed by atoms with Crippen LogP contribution >= 0.6 is 11.3 Å². The first-order valence-electron chi connectivity index (χ1n) is 6.86. The SMILES string of the molecule is CCC1CCCCC1NS(=O)(=O)c1cc(CN)cs1. The van der Waals surface area contributed by atoms with E-state index in [4.69, 9.17) is 5.73 Å². The van der Waals surface area contributed by atoms with E-state index in [9.17, 15) is 8.42 Å². The molecule has 4 nitrogen and oxygen atoms in total. The quantitative estimate of drug-likeness (QED) is 0.877. The highest BCUT2D eigenvalue weighted by atomic mass is 32.2. The molecule has 1 heterocycles. The van der Waals surface area contributed by atoms with Crippen molar-refractivity contribution in [1.82, 2.24) is 4.72 Å². The third-order valence-corrected chi connectivity index (χ3v) is 6.85. The molecule has 0 aliphatic heterocycles. The molecule has 0 radical (unpaired) electrons. The Labute approximate surface area is 119 Å². The van der Waals surface area contributed by atoms with Crippen LogP contribution in [-0.4, -0.2) is 14.5 Å². The molecule has 1 aliphatic rings. The molecule has 2 atom stereocenters. The molecule has 3 N–H and O–H groups in total. The lowest BCUT2D eigenvalue weighted by Crippen LogP contribution is -2.41. The van der Waals surface area contributed by atoms with Crippen molar-refractivity contribution in [3.05, 3.63) is 17.0 Å². The zero-order valence-electron chi connectivity index (χ0n) is 11.3. The molecule has 0 aromatic carbocycles. The molecular formula is C13H22N2O2S2. The number of nitrogens with two attached hydrogens (primary N) is 1. The predicted octanol–water partition coefficient (Wildman–Crippen LogP) is 2.45. The predicted molar refractivity (Wildman–Crippen MR) is 78.6 cm³/mol. The first-order valence-corrected chi connectivity index (χ1v) is 9.23. The van der Waals surface area contributed by atoms with E-state index in [-0.39, 0.29) is 6.04 Å². The Morgan fingerprint density at radius 2 is 2.16 bits per heavy atom. The Morgan fingerprint density at radius 1 is 1.42 bits per heavy atom. The van der Waals surface area contributed by atoms with Gasteiger partial charge in [0.1, 0.15) is 4.21 Å². The third kappa shape index (κ3) is 3.56. The molecule has 2 rings (SSSR count). The lowest BCUT2D eigenvalue weighted by Gasteiger charge is -2.31. The van der Waals surface area contributed by atoms with Crippen LogP contribution in [0.15, 0.2) is 15.7 Å². The van der Waals surface area contributed by atoms with Gasteiger partial charge in [-0.2, -0.15) is 0 Å². The zero-order valence-corrected chi connectivity index (χ0v) is 12.9. The molecule has 1 aromatic heterocycles. The number of thiophene rings is 1. The summed E-state index contributed by atoms with van der Waals surface area (Å²) in [4.78, 5) is 0. The minimum absolute atomic E-state index is 0.0900. The number of sulfonamides is 1. The van der Waals surface area contributed by atoms with Gasteiger partial charge in [-0.3, -0.25) is 0 Å². The van der Waals surface area contributed by atoms with Gasteiger partial charge in [-0.25, -0.2) is 13.1 Å². The third-order valence-electron chi connectivity index (χ3n) is 3.87. The Kier molecular flexibility index (Phi) is 5.00. The fourth-order valence-electron chi connectivity index (χ4n) is 2.71. The summed E-state index contributed by atoms with van der Waals surface area (Å²) in [6, 6.07) is 1.77. The summed E-state index contributed by atoms with van der Waals surface area (Å²) >= 11 is 1.25. The molecule has 0 bridgehead atoms. The largest absolute Gasteiger partial charge is 0.326 e. The maximum Gasteiger partial charge on any atom is 0.250 e. The summed E-state index contributed by atoms with van der Waals surface area (Å²) in [5.74, 6) is 0.470. The van der Waals surface area contributed by atoms with Crippen LogP contribution in [0.4, 0.5) is 0 Å². The van der Waals surface area contributed by atoms with Crippen molar-refractivity contribution in [2.24, 2.45) is 11.7 Å². The van der Waals surface area contributed by atoms with E-state index in [0.717, 1.165) is 31.2 Å². The van der Waals surface area contributed by atoms with E-state index in [1.165, 1.54) is 17.8 Å². The van der Waals surface area contributed by atoms with Gasteiger partial charge in [-0.15, -0.1) is 11.3 Å². The molecule has 2 unspecified atom stereocenters. The van der Waals surface area contributed by atoms with Gasteiger partial charge in [-0.05, 0) is 35.8 Å². The lowest BCUT2D eigenvalue weighted by atomic mass is 9.83. The highest BCUT2D eigenvalue weighted by Crippen LogP contribution is 2.29. The standard InChI is InChI=1S/C13H22N2O2S2/c1-2-11-5-3-4-6-12(11)15-19(16,17)13-7-10(8-14)9-18-13/h7,9,11-12,15H,2-6,8,14H2,1H3. The summed E-state index contributed by atoms with van der Waals surface area (Å²) in [5, 5.41) is 1.81. The van der Waals surface area contributed by atoms with Crippen LogP contribution in [-0.2, 0) is 16.6 Å². The highest BCUT2D eigenvalue weighted by Gasteiger charge is 2.28. The van der Waals surface area contributed by atoms with E-state index >= 15 is 0 Å². The first kappa shape index (κ1) is 15.0. The van der Waals surface area contributed by atoms with Crippen molar-refractivity contribution in [3.63, 3.8) is 0 Å². The monoisotopic (exact) mass is 302 g/mol. The number of nitrogens with one attached hydrogen (secondary N) is 1. The van der Waals surface area contributed by atoms with E-state index in [0.29, 0.717) is 16.7 Å². The Balaban J connectivity index is 2.11. The zero-order chi connectivity index (χ0) is 13.9. The lowest BCUT2D eigenvalue weighted by molar-refractivity contribution is 0.282. The summed E-state index contributed by atoms with van der Waals surface area (Å²) in [7, 11) is -3.38. The van der Waals surface area contributed by atoms with Gasteiger partial charge in [0.2, 0.25) is 10.0 Å². The molecule has 19 heavy (non-hydrogen) atoms. The van der Waals surface area contributed by atoms with E-state index in [2.05, 4.69) is 11.6 Å². The van der Waals surface area contributed by atoms with Gasteiger partial charge in [0, 0.05) is 12.6 Å². The smallest absolute Gasteiger partial charge is 0.250 e. The Hall–Kier alpha value is -0.430. The average molecular weight is 302 g/mol. The van der Waals surface area contributed by atoms with Crippen molar-refractivity contribution >= 4 is 21.4 Å². The maximum atomic E-state index is 12.3. The van der Waals surface area contributed by atoms with Gasteiger partial charge in [0.05, 0.1) is 0 Å². The van der Waals surface area contributed by atoms with Gasteiger partial charge in [0.15, 0.2) is 0 Å². The van der Waals surface area contributed by atoms with Crippen LogP contribution in [0.1, 0.15) is 44.6 Å². The molecule has 108 valence electrons. The molecule has 0 amide bonds. The van der Waals surface area contributed by atoms with E-state index in [1.807, 2.05) is 5.38 Å². The molecule has 0 spiro atoms. The van der Waals surface area contributed by atoms with Crippen LogP contribution in [0.3, 0.4) is 0 Å². The Bertz CT molecular complexity index is 510. The molecule has 0 saturated heterocycles. The minimum atomic E-state index is -3.38. The first-order chi connectivity index (χ1) is 9.06. The average Bonchev–Trinajstić information content (AvgIpc) is 2.88.